The van der Waals surface area contributed by atoms with Gasteiger partial charge in [0.1, 0.15) is 18.4 Å². The maximum atomic E-state index is 12.5. The molecule has 2 aliphatic rings. The van der Waals surface area contributed by atoms with Crippen LogP contribution in [-0.4, -0.2) is 41.9 Å². The van der Waals surface area contributed by atoms with Crippen molar-refractivity contribution in [3.8, 4) is 0 Å². The van der Waals surface area contributed by atoms with Gasteiger partial charge in [0.15, 0.2) is 0 Å². The predicted octanol–water partition coefficient (Wildman–Crippen LogP) is 2.17. The molecule has 2 fully saturated rings. The average molecular weight is 331 g/mol. The Balaban J connectivity index is 1.71. The topological polar surface area (TPSA) is 72.9 Å². The molecule has 0 N–H and O–H groups in total. The lowest BCUT2D eigenvalue weighted by Gasteiger charge is -2.25. The van der Waals surface area contributed by atoms with Crippen LogP contribution in [0.1, 0.15) is 25.3 Å². The van der Waals surface area contributed by atoms with E-state index in [1.165, 1.54) is 4.90 Å². The van der Waals surface area contributed by atoms with Crippen LogP contribution in [0, 0.1) is 11.8 Å². The SMILES string of the molecule is CCOC(=O)[C@H]1[C@@H]2CCC(=O)[C@@H]2CN1C(=O)OCc1ccccc1. The number of ether oxygens (including phenoxy) is 2. The molecule has 1 aliphatic heterocycles. The van der Waals surface area contributed by atoms with E-state index in [1.54, 1.807) is 6.92 Å². The van der Waals surface area contributed by atoms with Crippen molar-refractivity contribution in [3.63, 3.8) is 0 Å². The van der Waals surface area contributed by atoms with Crippen LogP contribution in [0.4, 0.5) is 4.79 Å². The van der Waals surface area contributed by atoms with E-state index in [1.807, 2.05) is 30.3 Å². The normalized spacial score (nSPS) is 25.5. The maximum Gasteiger partial charge on any atom is 0.410 e. The highest BCUT2D eigenvalue weighted by molar-refractivity contribution is 5.90. The Labute approximate surface area is 140 Å². The van der Waals surface area contributed by atoms with E-state index in [0.29, 0.717) is 12.8 Å². The number of rotatable bonds is 4. The van der Waals surface area contributed by atoms with Crippen LogP contribution in [0.5, 0.6) is 0 Å². The number of hydrogen-bond acceptors (Lipinski definition) is 5. The van der Waals surface area contributed by atoms with E-state index in [9.17, 15) is 14.4 Å². The number of Topliss-reactive ketones (excluding diaryl/α,β-unsaturated/α-hetero) is 1. The highest BCUT2D eigenvalue weighted by Gasteiger charge is 2.54. The quantitative estimate of drug-likeness (QED) is 0.791. The maximum absolute atomic E-state index is 12.5. The van der Waals surface area contributed by atoms with Crippen LogP contribution < -0.4 is 0 Å². The molecule has 6 heteroatoms. The molecule has 1 saturated carbocycles. The number of esters is 1. The largest absolute Gasteiger partial charge is 0.464 e. The molecular formula is C18H21NO5. The molecule has 1 aromatic rings. The van der Waals surface area contributed by atoms with E-state index in [-0.39, 0.29) is 37.4 Å². The second kappa shape index (κ2) is 7.03. The second-order valence-corrected chi connectivity index (χ2v) is 6.16. The van der Waals surface area contributed by atoms with Gasteiger partial charge in [-0.3, -0.25) is 9.69 Å². The minimum atomic E-state index is -0.718. The second-order valence-electron chi connectivity index (χ2n) is 6.16. The summed E-state index contributed by atoms with van der Waals surface area (Å²) in [4.78, 5) is 38.1. The van der Waals surface area contributed by atoms with Crippen molar-refractivity contribution < 1.29 is 23.9 Å². The Bertz CT molecular complexity index is 630. The molecular weight excluding hydrogens is 310 g/mol. The number of carbonyl (C=O) groups is 3. The fourth-order valence-corrected chi connectivity index (χ4v) is 3.63. The lowest BCUT2D eigenvalue weighted by atomic mass is 9.94. The van der Waals surface area contributed by atoms with Crippen molar-refractivity contribution in [1.29, 1.82) is 0 Å². The highest BCUT2D eigenvalue weighted by Crippen LogP contribution is 2.41. The van der Waals surface area contributed by atoms with E-state index < -0.39 is 18.1 Å². The first-order chi connectivity index (χ1) is 11.6. The molecule has 0 unspecified atom stereocenters. The van der Waals surface area contributed by atoms with Gasteiger partial charge in [-0.25, -0.2) is 9.59 Å². The Morgan fingerprint density at radius 2 is 1.96 bits per heavy atom. The molecule has 1 aliphatic carbocycles. The molecule has 3 atom stereocenters. The van der Waals surface area contributed by atoms with Gasteiger partial charge in [0.2, 0.25) is 0 Å². The van der Waals surface area contributed by atoms with Gasteiger partial charge in [0, 0.05) is 24.8 Å². The third kappa shape index (κ3) is 3.13. The van der Waals surface area contributed by atoms with Crippen molar-refractivity contribution in [2.45, 2.75) is 32.4 Å². The van der Waals surface area contributed by atoms with E-state index in [0.717, 1.165) is 5.56 Å². The summed E-state index contributed by atoms with van der Waals surface area (Å²) in [5.74, 6) is -0.756. The summed E-state index contributed by atoms with van der Waals surface area (Å²) in [6, 6.07) is 8.61. The molecule has 6 nitrogen and oxygen atoms in total. The molecule has 0 aromatic heterocycles. The molecule has 1 saturated heterocycles. The van der Waals surface area contributed by atoms with Crippen LogP contribution in [-0.2, 0) is 25.7 Å². The van der Waals surface area contributed by atoms with Crippen molar-refractivity contribution in [2.75, 3.05) is 13.2 Å². The van der Waals surface area contributed by atoms with Crippen molar-refractivity contribution >= 4 is 17.8 Å². The molecule has 3 rings (SSSR count). The summed E-state index contributed by atoms with van der Waals surface area (Å²) in [6.45, 7) is 2.34. The number of nitrogens with zero attached hydrogens (tertiary/aromatic N) is 1. The first kappa shape index (κ1) is 16.5. The average Bonchev–Trinajstić information content (AvgIpc) is 3.14. The van der Waals surface area contributed by atoms with Gasteiger partial charge in [-0.1, -0.05) is 30.3 Å². The predicted molar refractivity (Wildman–Crippen MR) is 85.0 cm³/mol. The van der Waals surface area contributed by atoms with Gasteiger partial charge in [-0.2, -0.15) is 0 Å². The Morgan fingerprint density at radius 3 is 2.67 bits per heavy atom. The number of ketones is 1. The van der Waals surface area contributed by atoms with Crippen LogP contribution in [0.15, 0.2) is 30.3 Å². The van der Waals surface area contributed by atoms with Gasteiger partial charge in [-0.05, 0) is 18.9 Å². The standard InChI is InChI=1S/C18H21NO5/c1-2-23-17(21)16-13-8-9-15(20)14(13)10-19(16)18(22)24-11-12-6-4-3-5-7-12/h3-7,13-14,16H,2,8-11H2,1H3/t13-,14-,16-/m1/s1. The van der Waals surface area contributed by atoms with Crippen LogP contribution in [0.25, 0.3) is 0 Å². The first-order valence-corrected chi connectivity index (χ1v) is 8.28. The molecule has 24 heavy (non-hydrogen) atoms. The zero-order chi connectivity index (χ0) is 17.1. The summed E-state index contributed by atoms with van der Waals surface area (Å²) in [6.07, 6.45) is 0.521. The summed E-state index contributed by atoms with van der Waals surface area (Å²) < 4.78 is 10.5. The zero-order valence-electron chi connectivity index (χ0n) is 13.6. The number of carbonyl (C=O) groups excluding carboxylic acids is 3. The molecule has 1 aromatic carbocycles. The number of likely N-dealkylation sites (tertiary alicyclic amines) is 1. The molecule has 1 heterocycles. The number of benzene rings is 1. The summed E-state index contributed by atoms with van der Waals surface area (Å²) >= 11 is 0. The van der Waals surface area contributed by atoms with Crippen molar-refractivity contribution in [1.82, 2.24) is 4.90 Å². The lowest BCUT2D eigenvalue weighted by Crippen LogP contribution is -2.44. The van der Waals surface area contributed by atoms with Crippen molar-refractivity contribution in [2.24, 2.45) is 11.8 Å². The van der Waals surface area contributed by atoms with Gasteiger partial charge < -0.3 is 9.47 Å². The summed E-state index contributed by atoms with van der Waals surface area (Å²) in [5.41, 5.74) is 0.869. The van der Waals surface area contributed by atoms with E-state index >= 15 is 0 Å². The van der Waals surface area contributed by atoms with Crippen LogP contribution >= 0.6 is 0 Å². The van der Waals surface area contributed by atoms with Crippen molar-refractivity contribution in [3.05, 3.63) is 35.9 Å². The molecule has 0 spiro atoms. The van der Waals surface area contributed by atoms with Gasteiger partial charge in [0.25, 0.3) is 0 Å². The minimum absolute atomic E-state index is 0.118. The lowest BCUT2D eigenvalue weighted by molar-refractivity contribution is -0.149. The van der Waals surface area contributed by atoms with Gasteiger partial charge in [-0.15, -0.1) is 0 Å². The summed E-state index contributed by atoms with van der Waals surface area (Å²) in [7, 11) is 0. The third-order valence-corrected chi connectivity index (χ3v) is 4.76. The van der Waals surface area contributed by atoms with Crippen LogP contribution in [0.2, 0.25) is 0 Å². The number of hydrogen-bond donors (Lipinski definition) is 0. The van der Waals surface area contributed by atoms with E-state index in [2.05, 4.69) is 0 Å². The molecule has 0 bridgehead atoms. The molecule has 1 amide bonds. The summed E-state index contributed by atoms with van der Waals surface area (Å²) in [5, 5.41) is 0. The van der Waals surface area contributed by atoms with Gasteiger partial charge in [0.05, 0.1) is 6.61 Å². The Kier molecular flexibility index (Phi) is 4.83. The molecule has 128 valence electrons. The first-order valence-electron chi connectivity index (χ1n) is 8.28. The van der Waals surface area contributed by atoms with E-state index in [4.69, 9.17) is 9.47 Å². The fraction of sp³-hybridized carbons (Fsp3) is 0.500. The Hall–Kier alpha value is -2.37. The van der Waals surface area contributed by atoms with Gasteiger partial charge >= 0.3 is 12.1 Å². The zero-order valence-corrected chi connectivity index (χ0v) is 13.6. The smallest absolute Gasteiger partial charge is 0.410 e. The third-order valence-electron chi connectivity index (χ3n) is 4.76. The fourth-order valence-electron chi connectivity index (χ4n) is 3.63. The molecule has 0 radical (unpaired) electrons. The monoisotopic (exact) mass is 331 g/mol. The number of fused-ring (bicyclic) bond motifs is 1. The number of amides is 1. The Morgan fingerprint density at radius 1 is 1.21 bits per heavy atom. The van der Waals surface area contributed by atoms with Crippen LogP contribution in [0.3, 0.4) is 0 Å². The minimum Gasteiger partial charge on any atom is -0.464 e. The highest BCUT2D eigenvalue weighted by atomic mass is 16.6.